The van der Waals surface area contributed by atoms with E-state index in [4.69, 9.17) is 9.47 Å². The predicted octanol–water partition coefficient (Wildman–Crippen LogP) is 19.8. The summed E-state index contributed by atoms with van der Waals surface area (Å²) < 4.78 is 11.4. The van der Waals surface area contributed by atoms with Gasteiger partial charge in [-0.25, -0.2) is 0 Å². The van der Waals surface area contributed by atoms with Gasteiger partial charge in [0.2, 0.25) is 5.91 Å². The van der Waals surface area contributed by atoms with E-state index in [1.807, 2.05) is 0 Å². The number of allylic oxidation sites excluding steroid dienone is 10. The maximum absolute atomic E-state index is 13.2. The molecule has 1 heterocycles. The molecule has 1 aliphatic rings. The Morgan fingerprint density at radius 1 is 0.422 bits per heavy atom. The monoisotopic (exact) mass is 1170 g/mol. The van der Waals surface area contributed by atoms with Crippen molar-refractivity contribution in [3.8, 4) is 0 Å². The Labute approximate surface area is 513 Å². The SMILES string of the molecule is CC/C=C\C/C=C\C/C=C\C/C=C\C/C=C\CCCCCCCCCCCCCCCCCCCCCC(=O)NC(COC1OC(CO)C(O)C(O)C1O)C(O)CCCCCCCCCCCCCCCCCCCCCCCCCCC. The second-order valence-corrected chi connectivity index (χ2v) is 25.0. The predicted molar refractivity (Wildman–Crippen MR) is 355 cm³/mol. The fourth-order valence-corrected chi connectivity index (χ4v) is 11.5. The molecule has 1 fully saturated rings. The summed E-state index contributed by atoms with van der Waals surface area (Å²) in [6.07, 6.45) is 80.1. The summed E-state index contributed by atoms with van der Waals surface area (Å²) in [7, 11) is 0. The summed E-state index contributed by atoms with van der Waals surface area (Å²) in [6.45, 7) is 3.77. The highest BCUT2D eigenvalue weighted by Gasteiger charge is 2.44. The van der Waals surface area contributed by atoms with Crippen molar-refractivity contribution in [1.82, 2.24) is 5.32 Å². The van der Waals surface area contributed by atoms with Crippen LogP contribution in [0.2, 0.25) is 0 Å². The number of aliphatic hydroxyl groups is 5. The molecule has 1 aliphatic heterocycles. The first-order chi connectivity index (χ1) is 40.8. The van der Waals surface area contributed by atoms with E-state index in [-0.39, 0.29) is 12.5 Å². The van der Waals surface area contributed by atoms with Crippen molar-refractivity contribution in [3.05, 3.63) is 60.8 Å². The van der Waals surface area contributed by atoms with Crippen LogP contribution in [-0.2, 0) is 14.3 Å². The lowest BCUT2D eigenvalue weighted by molar-refractivity contribution is -0.302. The first-order valence-electron chi connectivity index (χ1n) is 36.0. The molecule has 0 aliphatic carbocycles. The lowest BCUT2D eigenvalue weighted by Crippen LogP contribution is -2.60. The molecule has 83 heavy (non-hydrogen) atoms. The Bertz CT molecular complexity index is 1500. The van der Waals surface area contributed by atoms with Crippen molar-refractivity contribution < 1.29 is 39.8 Å². The van der Waals surface area contributed by atoms with E-state index in [1.165, 1.54) is 250 Å². The average molecular weight is 1170 g/mol. The smallest absolute Gasteiger partial charge is 0.220 e. The van der Waals surface area contributed by atoms with Gasteiger partial charge in [-0.05, 0) is 57.8 Å². The number of amides is 1. The van der Waals surface area contributed by atoms with E-state index in [0.717, 1.165) is 70.6 Å². The molecule has 6 N–H and O–H groups in total. The Morgan fingerprint density at radius 2 is 0.747 bits per heavy atom. The molecule has 1 amide bonds. The third-order valence-corrected chi connectivity index (χ3v) is 17.1. The van der Waals surface area contributed by atoms with Crippen LogP contribution in [0.15, 0.2) is 60.8 Å². The van der Waals surface area contributed by atoms with Gasteiger partial charge in [0.25, 0.3) is 0 Å². The van der Waals surface area contributed by atoms with Gasteiger partial charge in [0.05, 0.1) is 25.4 Å². The van der Waals surface area contributed by atoms with Gasteiger partial charge in [0, 0.05) is 6.42 Å². The fraction of sp³-hybridized carbons (Fsp3) is 0.851. The highest BCUT2D eigenvalue weighted by molar-refractivity contribution is 5.76. The van der Waals surface area contributed by atoms with Crippen LogP contribution in [0, 0.1) is 0 Å². The van der Waals surface area contributed by atoms with Gasteiger partial charge in [-0.3, -0.25) is 4.79 Å². The molecule has 1 saturated heterocycles. The number of carbonyl (C=O) groups is 1. The van der Waals surface area contributed by atoms with Crippen molar-refractivity contribution in [3.63, 3.8) is 0 Å². The third-order valence-electron chi connectivity index (χ3n) is 17.1. The molecule has 9 nitrogen and oxygen atoms in total. The van der Waals surface area contributed by atoms with Crippen molar-refractivity contribution in [2.45, 2.75) is 391 Å². The van der Waals surface area contributed by atoms with Crippen LogP contribution in [0.5, 0.6) is 0 Å². The van der Waals surface area contributed by atoms with Crippen molar-refractivity contribution in [1.29, 1.82) is 0 Å². The van der Waals surface area contributed by atoms with Gasteiger partial charge in [0.1, 0.15) is 24.4 Å². The Kier molecular flexibility index (Phi) is 59.8. The standard InChI is InChI=1S/C74H137NO8/c1-3-5-7-9-11-13-15-17-19-21-23-25-27-29-30-31-32-33-34-35-36-37-38-40-42-44-46-48-50-52-54-56-58-60-62-64-70(78)75-67(66-82-74-73(81)72(80)71(79)69(65-76)83-74)68(77)63-61-59-57-55-53-51-49-47-45-43-41-39-28-26-24-22-20-18-16-14-12-10-8-6-4-2/h5,7,11,13,17,19,23,25,29-30,67-69,71-74,76-77,79-81H,3-4,6,8-10,12,14-16,18,20-22,24,26-28,31-66H2,1-2H3,(H,75,78)/b7-5-,13-11-,19-17-,25-23-,30-29-. The van der Waals surface area contributed by atoms with Gasteiger partial charge < -0.3 is 40.3 Å². The molecule has 0 bridgehead atoms. The van der Waals surface area contributed by atoms with Crippen molar-refractivity contribution in [2.24, 2.45) is 0 Å². The van der Waals surface area contributed by atoms with E-state index in [0.29, 0.717) is 12.8 Å². The first kappa shape index (κ1) is 78.9. The van der Waals surface area contributed by atoms with E-state index in [9.17, 15) is 30.3 Å². The Hall–Kier alpha value is -2.11. The molecule has 7 unspecified atom stereocenters. The Morgan fingerprint density at radius 3 is 1.11 bits per heavy atom. The molecule has 0 aromatic rings. The molecule has 0 aromatic heterocycles. The number of unbranched alkanes of at least 4 members (excludes halogenated alkanes) is 43. The highest BCUT2D eigenvalue weighted by atomic mass is 16.7. The first-order valence-corrected chi connectivity index (χ1v) is 36.0. The minimum Gasteiger partial charge on any atom is -0.394 e. The zero-order valence-corrected chi connectivity index (χ0v) is 54.5. The summed E-state index contributed by atoms with van der Waals surface area (Å²) in [5.41, 5.74) is 0. The summed E-state index contributed by atoms with van der Waals surface area (Å²) in [4.78, 5) is 13.2. The molecule has 486 valence electrons. The minimum absolute atomic E-state index is 0.135. The maximum Gasteiger partial charge on any atom is 0.220 e. The lowest BCUT2D eigenvalue weighted by atomic mass is 9.99. The summed E-state index contributed by atoms with van der Waals surface area (Å²) >= 11 is 0. The zero-order valence-electron chi connectivity index (χ0n) is 54.5. The molecule has 0 spiro atoms. The van der Waals surface area contributed by atoms with E-state index in [2.05, 4.69) is 79.9 Å². The number of aliphatic hydroxyl groups excluding tert-OH is 5. The van der Waals surface area contributed by atoms with Crippen LogP contribution >= 0.6 is 0 Å². The number of hydrogen-bond donors (Lipinski definition) is 6. The zero-order chi connectivity index (χ0) is 60.0. The number of ether oxygens (including phenoxy) is 2. The third kappa shape index (κ3) is 51.6. The molecule has 1 rings (SSSR count). The van der Waals surface area contributed by atoms with Crippen LogP contribution in [0.25, 0.3) is 0 Å². The fourth-order valence-electron chi connectivity index (χ4n) is 11.5. The molecule has 9 heteroatoms. The van der Waals surface area contributed by atoms with Gasteiger partial charge in [0.15, 0.2) is 6.29 Å². The van der Waals surface area contributed by atoms with Gasteiger partial charge in [-0.1, -0.05) is 344 Å². The quantitative estimate of drug-likeness (QED) is 0.0261. The van der Waals surface area contributed by atoms with Crippen molar-refractivity contribution in [2.75, 3.05) is 13.2 Å². The largest absolute Gasteiger partial charge is 0.394 e. The number of carbonyl (C=O) groups excluding carboxylic acids is 1. The summed E-state index contributed by atoms with van der Waals surface area (Å²) in [5.74, 6) is -0.138. The van der Waals surface area contributed by atoms with Crippen LogP contribution < -0.4 is 5.32 Å². The van der Waals surface area contributed by atoms with E-state index < -0.39 is 49.5 Å². The molecule has 0 radical (unpaired) electrons. The highest BCUT2D eigenvalue weighted by Crippen LogP contribution is 2.24. The van der Waals surface area contributed by atoms with Crippen LogP contribution in [0.1, 0.15) is 348 Å². The van der Waals surface area contributed by atoms with Gasteiger partial charge >= 0.3 is 0 Å². The van der Waals surface area contributed by atoms with E-state index in [1.54, 1.807) is 0 Å². The molecule has 0 saturated carbocycles. The van der Waals surface area contributed by atoms with Gasteiger partial charge in [-0.15, -0.1) is 0 Å². The van der Waals surface area contributed by atoms with Crippen LogP contribution in [-0.4, -0.2) is 87.5 Å². The molecular formula is C74H137NO8. The summed E-state index contributed by atoms with van der Waals surface area (Å²) in [5, 5.41) is 55.0. The topological polar surface area (TPSA) is 149 Å². The van der Waals surface area contributed by atoms with Gasteiger partial charge in [-0.2, -0.15) is 0 Å². The average Bonchev–Trinajstić information content (AvgIpc) is 3.60. The van der Waals surface area contributed by atoms with Crippen LogP contribution in [0.4, 0.5) is 0 Å². The number of rotatable bonds is 63. The minimum atomic E-state index is -1.55. The number of nitrogens with one attached hydrogen (secondary N) is 1. The Balaban J connectivity index is 2.09. The second-order valence-electron chi connectivity index (χ2n) is 25.0. The van der Waals surface area contributed by atoms with E-state index >= 15 is 0 Å². The second kappa shape index (κ2) is 62.9. The molecule has 7 atom stereocenters. The molecular weight excluding hydrogens is 1030 g/mol. The summed E-state index contributed by atoms with van der Waals surface area (Å²) in [6, 6.07) is -0.721. The van der Waals surface area contributed by atoms with Crippen LogP contribution in [0.3, 0.4) is 0 Å². The van der Waals surface area contributed by atoms with Crippen molar-refractivity contribution >= 4 is 5.91 Å². The number of hydrogen-bond acceptors (Lipinski definition) is 8. The maximum atomic E-state index is 13.2. The molecule has 0 aromatic carbocycles. The normalized spacial score (nSPS) is 18.6. The lowest BCUT2D eigenvalue weighted by Gasteiger charge is -2.40.